The molecule has 0 unspecified atom stereocenters. The third-order valence-electron chi connectivity index (χ3n) is 2.25. The predicted octanol–water partition coefficient (Wildman–Crippen LogP) is 1.94. The first kappa shape index (κ1) is 13.2. The molecule has 0 aromatic carbocycles. The van der Waals surface area contributed by atoms with E-state index >= 15 is 0 Å². The van der Waals surface area contributed by atoms with Gasteiger partial charge in [-0.15, -0.1) is 0 Å². The van der Waals surface area contributed by atoms with Crippen LogP contribution in [0.5, 0.6) is 0 Å². The predicted molar refractivity (Wildman–Crippen MR) is 62.2 cm³/mol. The first-order valence-corrected chi connectivity index (χ1v) is 5.38. The molecule has 0 fully saturated rings. The minimum atomic E-state index is -0.0526. The van der Waals surface area contributed by atoms with Crippen LogP contribution in [0.2, 0.25) is 0 Å². The Morgan fingerprint density at radius 2 is 1.88 bits per heavy atom. The fraction of sp³-hybridized carbons (Fsp3) is 0.667. The Morgan fingerprint density at radius 1 is 1.19 bits per heavy atom. The second-order valence-corrected chi connectivity index (χ2v) is 4.47. The van der Waals surface area contributed by atoms with Gasteiger partial charge in [0.15, 0.2) is 0 Å². The first-order valence-electron chi connectivity index (χ1n) is 5.38. The molecule has 0 bridgehead atoms. The third-order valence-corrected chi connectivity index (χ3v) is 2.25. The fourth-order valence-corrected chi connectivity index (χ4v) is 1.48. The van der Waals surface area contributed by atoms with Crippen LogP contribution in [-0.4, -0.2) is 26.4 Å². The summed E-state index contributed by atoms with van der Waals surface area (Å²) in [7, 11) is 3.36. The Labute approximate surface area is 96.9 Å². The second kappa shape index (κ2) is 6.03. The summed E-state index contributed by atoms with van der Waals surface area (Å²) in [4.78, 5) is 0. The van der Waals surface area contributed by atoms with Crippen molar-refractivity contribution in [3.8, 4) is 0 Å². The Bertz CT molecular complexity index is 307. The van der Waals surface area contributed by atoms with Gasteiger partial charge >= 0.3 is 0 Å². The summed E-state index contributed by atoms with van der Waals surface area (Å²) in [6.07, 6.45) is 0. The fourth-order valence-electron chi connectivity index (χ4n) is 1.48. The van der Waals surface area contributed by atoms with E-state index in [0.29, 0.717) is 19.8 Å². The SMILES string of the molecule is COCc1ccc(CNC(C)(C)COC)o1. The lowest BCUT2D eigenvalue weighted by Gasteiger charge is -2.24. The monoisotopic (exact) mass is 227 g/mol. The van der Waals surface area contributed by atoms with Gasteiger partial charge in [-0.2, -0.15) is 0 Å². The molecule has 0 aliphatic rings. The summed E-state index contributed by atoms with van der Waals surface area (Å²) in [5, 5.41) is 3.37. The number of ether oxygens (including phenoxy) is 2. The molecular formula is C12H21NO3. The number of furan rings is 1. The lowest BCUT2D eigenvalue weighted by molar-refractivity contribution is 0.125. The van der Waals surface area contributed by atoms with Crippen LogP contribution >= 0.6 is 0 Å². The summed E-state index contributed by atoms with van der Waals surface area (Å²) in [6.45, 7) is 6.06. The smallest absolute Gasteiger partial charge is 0.129 e. The van der Waals surface area contributed by atoms with Crippen molar-refractivity contribution < 1.29 is 13.9 Å². The minimum absolute atomic E-state index is 0.0526. The van der Waals surface area contributed by atoms with Gasteiger partial charge in [-0.3, -0.25) is 0 Å². The highest BCUT2D eigenvalue weighted by Crippen LogP contribution is 2.10. The lowest BCUT2D eigenvalue weighted by Crippen LogP contribution is -2.42. The van der Waals surface area contributed by atoms with Crippen LogP contribution in [0.25, 0.3) is 0 Å². The van der Waals surface area contributed by atoms with Crippen LogP contribution in [0.4, 0.5) is 0 Å². The molecule has 0 saturated carbocycles. The summed E-state index contributed by atoms with van der Waals surface area (Å²) >= 11 is 0. The Balaban J connectivity index is 2.41. The van der Waals surface area contributed by atoms with Gasteiger partial charge in [0, 0.05) is 19.8 Å². The van der Waals surface area contributed by atoms with Crippen molar-refractivity contribution in [3.05, 3.63) is 23.7 Å². The van der Waals surface area contributed by atoms with Gasteiger partial charge < -0.3 is 19.2 Å². The molecule has 1 N–H and O–H groups in total. The molecule has 16 heavy (non-hydrogen) atoms. The maximum Gasteiger partial charge on any atom is 0.129 e. The zero-order valence-corrected chi connectivity index (χ0v) is 10.5. The molecule has 4 heteroatoms. The zero-order chi connectivity index (χ0) is 12.0. The molecule has 0 atom stereocenters. The van der Waals surface area contributed by atoms with Crippen LogP contribution in [-0.2, 0) is 22.6 Å². The second-order valence-electron chi connectivity index (χ2n) is 4.47. The molecule has 92 valence electrons. The highest BCUT2D eigenvalue weighted by molar-refractivity contribution is 5.06. The maximum absolute atomic E-state index is 5.57. The number of nitrogens with one attached hydrogen (secondary N) is 1. The van der Waals surface area contributed by atoms with E-state index in [-0.39, 0.29) is 5.54 Å². The molecule has 0 amide bonds. The van der Waals surface area contributed by atoms with Gasteiger partial charge in [-0.1, -0.05) is 0 Å². The van der Waals surface area contributed by atoms with Crippen molar-refractivity contribution in [2.24, 2.45) is 0 Å². The van der Waals surface area contributed by atoms with E-state index in [9.17, 15) is 0 Å². The molecule has 0 saturated heterocycles. The molecule has 0 aliphatic carbocycles. The maximum atomic E-state index is 5.57. The largest absolute Gasteiger partial charge is 0.462 e. The number of hydrogen-bond donors (Lipinski definition) is 1. The summed E-state index contributed by atoms with van der Waals surface area (Å²) in [5.41, 5.74) is -0.0526. The van der Waals surface area contributed by atoms with Crippen molar-refractivity contribution in [2.45, 2.75) is 32.5 Å². The molecule has 0 spiro atoms. The summed E-state index contributed by atoms with van der Waals surface area (Å²) in [5.74, 6) is 1.76. The van der Waals surface area contributed by atoms with Crippen molar-refractivity contribution in [1.82, 2.24) is 5.32 Å². The van der Waals surface area contributed by atoms with Gasteiger partial charge in [0.05, 0.1) is 13.2 Å². The topological polar surface area (TPSA) is 43.6 Å². The number of hydrogen-bond acceptors (Lipinski definition) is 4. The zero-order valence-electron chi connectivity index (χ0n) is 10.5. The molecule has 1 aromatic rings. The van der Waals surface area contributed by atoms with Gasteiger partial charge in [0.25, 0.3) is 0 Å². The average Bonchev–Trinajstić information content (AvgIpc) is 2.64. The van der Waals surface area contributed by atoms with Crippen LogP contribution in [0.3, 0.4) is 0 Å². The molecular weight excluding hydrogens is 206 g/mol. The highest BCUT2D eigenvalue weighted by atomic mass is 16.5. The Kier molecular flexibility index (Phi) is 4.99. The lowest BCUT2D eigenvalue weighted by atomic mass is 10.1. The van der Waals surface area contributed by atoms with Gasteiger partial charge in [-0.05, 0) is 26.0 Å². The molecule has 4 nitrogen and oxygen atoms in total. The van der Waals surface area contributed by atoms with Crippen LogP contribution in [0, 0.1) is 0 Å². The average molecular weight is 227 g/mol. The van der Waals surface area contributed by atoms with E-state index in [0.717, 1.165) is 11.5 Å². The Morgan fingerprint density at radius 3 is 2.50 bits per heavy atom. The molecule has 0 aliphatic heterocycles. The Hall–Kier alpha value is -0.840. The number of rotatable bonds is 7. The summed E-state index contributed by atoms with van der Waals surface area (Å²) in [6, 6.07) is 3.90. The quantitative estimate of drug-likeness (QED) is 0.773. The third kappa shape index (κ3) is 4.35. The standard InChI is InChI=1S/C12H21NO3/c1-12(2,9-15-4)13-7-10-5-6-11(16-10)8-14-3/h5-6,13H,7-9H2,1-4H3. The van der Waals surface area contributed by atoms with E-state index < -0.39 is 0 Å². The van der Waals surface area contributed by atoms with E-state index in [1.165, 1.54) is 0 Å². The van der Waals surface area contributed by atoms with Crippen molar-refractivity contribution in [3.63, 3.8) is 0 Å². The van der Waals surface area contributed by atoms with Crippen molar-refractivity contribution in [1.29, 1.82) is 0 Å². The first-order chi connectivity index (χ1) is 7.57. The normalized spacial score (nSPS) is 12.0. The molecule has 1 rings (SSSR count). The summed E-state index contributed by atoms with van der Waals surface area (Å²) < 4.78 is 15.7. The van der Waals surface area contributed by atoms with Crippen molar-refractivity contribution >= 4 is 0 Å². The van der Waals surface area contributed by atoms with E-state index in [4.69, 9.17) is 13.9 Å². The van der Waals surface area contributed by atoms with Crippen molar-refractivity contribution in [2.75, 3.05) is 20.8 Å². The van der Waals surface area contributed by atoms with Gasteiger partial charge in [-0.25, -0.2) is 0 Å². The van der Waals surface area contributed by atoms with Gasteiger partial charge in [0.1, 0.15) is 18.1 Å². The van der Waals surface area contributed by atoms with E-state index in [2.05, 4.69) is 19.2 Å². The molecule has 1 heterocycles. The highest BCUT2D eigenvalue weighted by Gasteiger charge is 2.16. The number of methoxy groups -OCH3 is 2. The molecule has 0 radical (unpaired) electrons. The van der Waals surface area contributed by atoms with Crippen LogP contribution in [0.15, 0.2) is 16.5 Å². The molecule has 1 aromatic heterocycles. The van der Waals surface area contributed by atoms with Crippen LogP contribution in [0.1, 0.15) is 25.4 Å². The van der Waals surface area contributed by atoms with E-state index in [1.807, 2.05) is 12.1 Å². The van der Waals surface area contributed by atoms with E-state index in [1.54, 1.807) is 14.2 Å². The minimum Gasteiger partial charge on any atom is -0.462 e. The van der Waals surface area contributed by atoms with Crippen LogP contribution < -0.4 is 5.32 Å². The van der Waals surface area contributed by atoms with Gasteiger partial charge in [0.2, 0.25) is 0 Å².